The van der Waals surface area contributed by atoms with Gasteiger partial charge in [0, 0.05) is 5.57 Å². The standard InChI is InChI=1S/C14H17N3O/c1-9-6-7-10-4-2-3-5-11(10)8-12(9)13(18)17-14(15)16/h2-5,8-9H,6-7H2,1H3,(H4,15,16,17,18). The highest BCUT2D eigenvalue weighted by molar-refractivity contribution is 6.04. The van der Waals surface area contributed by atoms with Crippen LogP contribution in [0.2, 0.25) is 0 Å². The molecule has 4 heteroatoms. The Labute approximate surface area is 106 Å². The minimum absolute atomic E-state index is 0.160. The Morgan fingerprint density at radius 2 is 2.06 bits per heavy atom. The van der Waals surface area contributed by atoms with Gasteiger partial charge in [-0.15, -0.1) is 0 Å². The fourth-order valence-electron chi connectivity index (χ4n) is 2.19. The molecule has 0 fully saturated rings. The van der Waals surface area contributed by atoms with Crippen LogP contribution >= 0.6 is 0 Å². The van der Waals surface area contributed by atoms with Gasteiger partial charge in [0.1, 0.15) is 0 Å². The molecule has 1 aliphatic rings. The van der Waals surface area contributed by atoms with Crippen LogP contribution in [0.4, 0.5) is 0 Å². The van der Waals surface area contributed by atoms with E-state index in [1.54, 1.807) is 0 Å². The van der Waals surface area contributed by atoms with Crippen LogP contribution < -0.4 is 11.5 Å². The monoisotopic (exact) mass is 243 g/mol. The lowest BCUT2D eigenvalue weighted by molar-refractivity contribution is -0.114. The van der Waals surface area contributed by atoms with Crippen molar-refractivity contribution >= 4 is 17.9 Å². The number of nitrogens with two attached hydrogens (primary N) is 2. The molecule has 0 aromatic heterocycles. The van der Waals surface area contributed by atoms with Crippen LogP contribution in [-0.2, 0) is 11.2 Å². The first-order valence-electron chi connectivity index (χ1n) is 6.01. The maximum absolute atomic E-state index is 12.0. The van der Waals surface area contributed by atoms with E-state index in [1.165, 1.54) is 5.56 Å². The van der Waals surface area contributed by atoms with Crippen molar-refractivity contribution in [2.75, 3.05) is 0 Å². The molecule has 94 valence electrons. The van der Waals surface area contributed by atoms with Crippen LogP contribution in [0, 0.1) is 5.92 Å². The summed E-state index contributed by atoms with van der Waals surface area (Å²) in [6, 6.07) is 8.08. The summed E-state index contributed by atoms with van der Waals surface area (Å²) in [6.07, 6.45) is 3.79. The number of rotatable bonds is 1. The van der Waals surface area contributed by atoms with Crippen LogP contribution in [0.15, 0.2) is 34.8 Å². The molecule has 1 unspecified atom stereocenters. The zero-order valence-corrected chi connectivity index (χ0v) is 10.4. The number of nitrogens with zero attached hydrogens (tertiary/aromatic N) is 1. The largest absolute Gasteiger partial charge is 0.370 e. The van der Waals surface area contributed by atoms with E-state index in [4.69, 9.17) is 11.5 Å². The summed E-state index contributed by atoms with van der Waals surface area (Å²) in [5.41, 5.74) is 13.5. The molecule has 1 aromatic rings. The van der Waals surface area contributed by atoms with E-state index in [0.717, 1.165) is 18.4 Å². The van der Waals surface area contributed by atoms with Crippen LogP contribution in [-0.4, -0.2) is 11.9 Å². The first-order chi connectivity index (χ1) is 8.58. The van der Waals surface area contributed by atoms with Gasteiger partial charge in [-0.05, 0) is 36.0 Å². The highest BCUT2D eigenvalue weighted by atomic mass is 16.1. The van der Waals surface area contributed by atoms with E-state index in [1.807, 2.05) is 31.2 Å². The van der Waals surface area contributed by atoms with E-state index in [2.05, 4.69) is 11.1 Å². The predicted molar refractivity (Wildman–Crippen MR) is 72.7 cm³/mol. The van der Waals surface area contributed by atoms with Crippen LogP contribution in [0.25, 0.3) is 6.08 Å². The Bertz CT molecular complexity index is 528. The third kappa shape index (κ3) is 2.59. The highest BCUT2D eigenvalue weighted by Gasteiger charge is 2.20. The van der Waals surface area contributed by atoms with Crippen molar-refractivity contribution in [3.05, 3.63) is 41.0 Å². The molecule has 1 aliphatic carbocycles. The first kappa shape index (κ1) is 12.4. The fourth-order valence-corrected chi connectivity index (χ4v) is 2.19. The van der Waals surface area contributed by atoms with Gasteiger partial charge in [-0.25, -0.2) is 0 Å². The number of fused-ring (bicyclic) bond motifs is 1. The van der Waals surface area contributed by atoms with Gasteiger partial charge in [0.05, 0.1) is 0 Å². The zero-order valence-electron chi connectivity index (χ0n) is 10.4. The zero-order chi connectivity index (χ0) is 13.1. The Kier molecular flexibility index (Phi) is 3.46. The summed E-state index contributed by atoms with van der Waals surface area (Å²) in [5, 5.41) is 0. The SMILES string of the molecule is CC1CCc2ccccc2C=C1C(=O)N=C(N)N. The highest BCUT2D eigenvalue weighted by Crippen LogP contribution is 2.27. The predicted octanol–water partition coefficient (Wildman–Crippen LogP) is 1.45. The lowest BCUT2D eigenvalue weighted by Gasteiger charge is -2.09. The quantitative estimate of drug-likeness (QED) is 0.578. The molecule has 4 nitrogen and oxygen atoms in total. The van der Waals surface area contributed by atoms with Crippen molar-refractivity contribution in [1.29, 1.82) is 0 Å². The maximum atomic E-state index is 12.0. The van der Waals surface area contributed by atoms with Gasteiger partial charge < -0.3 is 11.5 Å². The minimum atomic E-state index is -0.334. The molecule has 0 heterocycles. The minimum Gasteiger partial charge on any atom is -0.370 e. The molecular weight excluding hydrogens is 226 g/mol. The third-order valence-electron chi connectivity index (χ3n) is 3.22. The van der Waals surface area contributed by atoms with Gasteiger partial charge >= 0.3 is 0 Å². The number of amides is 1. The van der Waals surface area contributed by atoms with Gasteiger partial charge in [0.2, 0.25) is 0 Å². The molecule has 0 bridgehead atoms. The van der Waals surface area contributed by atoms with E-state index in [9.17, 15) is 4.79 Å². The number of carbonyl (C=O) groups is 1. The van der Waals surface area contributed by atoms with Crippen molar-refractivity contribution in [3.63, 3.8) is 0 Å². The fraction of sp³-hybridized carbons (Fsp3) is 0.286. The number of aliphatic imine (C=N–C) groups is 1. The number of aryl methyl sites for hydroxylation is 1. The average molecular weight is 243 g/mol. The van der Waals surface area contributed by atoms with Gasteiger partial charge in [-0.2, -0.15) is 4.99 Å². The summed E-state index contributed by atoms with van der Waals surface area (Å²) in [5.74, 6) is -0.363. The van der Waals surface area contributed by atoms with E-state index >= 15 is 0 Å². The molecule has 18 heavy (non-hydrogen) atoms. The molecular formula is C14H17N3O. The summed E-state index contributed by atoms with van der Waals surface area (Å²) in [7, 11) is 0. The van der Waals surface area contributed by atoms with Crippen molar-refractivity contribution in [2.24, 2.45) is 22.4 Å². The van der Waals surface area contributed by atoms with Gasteiger partial charge in [-0.1, -0.05) is 31.2 Å². The van der Waals surface area contributed by atoms with Crippen LogP contribution in [0.1, 0.15) is 24.5 Å². The molecule has 0 radical (unpaired) electrons. The molecule has 4 N–H and O–H groups in total. The molecule has 1 amide bonds. The van der Waals surface area contributed by atoms with Gasteiger partial charge in [0.25, 0.3) is 5.91 Å². The topological polar surface area (TPSA) is 81.5 Å². The van der Waals surface area contributed by atoms with Gasteiger partial charge in [0.15, 0.2) is 5.96 Å². The summed E-state index contributed by atoms with van der Waals surface area (Å²) in [4.78, 5) is 15.6. The molecule has 0 spiro atoms. The molecule has 0 aliphatic heterocycles. The Hall–Kier alpha value is -2.10. The number of hydrogen-bond donors (Lipinski definition) is 2. The third-order valence-corrected chi connectivity index (χ3v) is 3.22. The molecule has 1 aromatic carbocycles. The van der Waals surface area contributed by atoms with Crippen LogP contribution in [0.5, 0.6) is 0 Å². The van der Waals surface area contributed by atoms with Crippen LogP contribution in [0.3, 0.4) is 0 Å². The van der Waals surface area contributed by atoms with E-state index < -0.39 is 0 Å². The number of benzene rings is 1. The molecule has 0 saturated carbocycles. The summed E-state index contributed by atoms with van der Waals surface area (Å²) in [6.45, 7) is 2.03. The van der Waals surface area contributed by atoms with Gasteiger partial charge in [-0.3, -0.25) is 4.79 Å². The Morgan fingerprint density at radius 3 is 2.78 bits per heavy atom. The first-order valence-corrected chi connectivity index (χ1v) is 6.01. The second kappa shape index (κ2) is 5.04. The lowest BCUT2D eigenvalue weighted by Crippen LogP contribution is -2.25. The Balaban J connectivity index is 2.42. The normalized spacial score (nSPS) is 18.3. The van der Waals surface area contributed by atoms with Crippen molar-refractivity contribution in [3.8, 4) is 0 Å². The summed E-state index contributed by atoms with van der Waals surface area (Å²) >= 11 is 0. The lowest BCUT2D eigenvalue weighted by atomic mass is 9.96. The van der Waals surface area contributed by atoms with Crippen molar-refractivity contribution < 1.29 is 4.79 Å². The van der Waals surface area contributed by atoms with E-state index in [0.29, 0.717) is 5.57 Å². The smallest absolute Gasteiger partial charge is 0.276 e. The second-order valence-electron chi connectivity index (χ2n) is 4.58. The average Bonchev–Trinajstić information content (AvgIpc) is 2.48. The van der Waals surface area contributed by atoms with E-state index in [-0.39, 0.29) is 17.8 Å². The number of guanidine groups is 1. The number of hydrogen-bond acceptors (Lipinski definition) is 1. The Morgan fingerprint density at radius 1 is 1.33 bits per heavy atom. The summed E-state index contributed by atoms with van der Waals surface area (Å²) < 4.78 is 0. The second-order valence-corrected chi connectivity index (χ2v) is 4.58. The molecule has 2 rings (SSSR count). The van der Waals surface area contributed by atoms with Crippen molar-refractivity contribution in [2.45, 2.75) is 19.8 Å². The molecule has 0 saturated heterocycles. The number of carbonyl (C=O) groups excluding carboxylic acids is 1. The van der Waals surface area contributed by atoms with Crippen molar-refractivity contribution in [1.82, 2.24) is 0 Å². The maximum Gasteiger partial charge on any atom is 0.276 e. The molecule has 1 atom stereocenters.